The molecule has 0 aromatic rings. The van der Waals surface area contributed by atoms with Crippen molar-refractivity contribution in [2.75, 3.05) is 13.6 Å². The molecule has 1 atom stereocenters. The minimum atomic E-state index is -0.899. The summed E-state index contributed by atoms with van der Waals surface area (Å²) in [6.07, 6.45) is 1.53. The second-order valence-electron chi connectivity index (χ2n) is 4.93. The first-order valence-electron chi connectivity index (χ1n) is 5.18. The van der Waals surface area contributed by atoms with Gasteiger partial charge in [-0.1, -0.05) is 20.8 Å². The molecule has 0 radical (unpaired) electrons. The number of nitrogens with one attached hydrogen (secondary N) is 1. The first-order chi connectivity index (χ1) is 5.88. The van der Waals surface area contributed by atoms with Crippen molar-refractivity contribution < 1.29 is 4.43 Å². The van der Waals surface area contributed by atoms with Gasteiger partial charge in [0.15, 0.2) is 9.04 Å². The van der Waals surface area contributed by atoms with Crippen LogP contribution in [0.3, 0.4) is 0 Å². The zero-order valence-corrected chi connectivity index (χ0v) is 11.1. The zero-order chi connectivity index (χ0) is 10.5. The summed E-state index contributed by atoms with van der Waals surface area (Å²) < 4.78 is 6.02. The van der Waals surface area contributed by atoms with Crippen LogP contribution in [-0.4, -0.2) is 28.7 Å². The largest absolute Gasteiger partial charge is 0.417 e. The molecule has 0 spiro atoms. The van der Waals surface area contributed by atoms with Crippen LogP contribution in [0.2, 0.25) is 13.1 Å². The molecule has 0 aliphatic carbocycles. The van der Waals surface area contributed by atoms with E-state index in [2.05, 4.69) is 39.2 Å². The Hall–Kier alpha value is 0.137. The van der Waals surface area contributed by atoms with Gasteiger partial charge in [0.25, 0.3) is 0 Å². The molecule has 0 saturated carbocycles. The SMILES string of the molecule is CNCCC(O[SiH](C)C)C(C)(C)C. The lowest BCUT2D eigenvalue weighted by Gasteiger charge is -2.32. The highest BCUT2D eigenvalue weighted by Gasteiger charge is 2.25. The molecule has 0 amide bonds. The van der Waals surface area contributed by atoms with Crippen molar-refractivity contribution in [1.82, 2.24) is 5.32 Å². The molecule has 0 saturated heterocycles. The Morgan fingerprint density at radius 2 is 1.85 bits per heavy atom. The highest BCUT2D eigenvalue weighted by molar-refractivity contribution is 6.48. The van der Waals surface area contributed by atoms with E-state index in [1.807, 2.05) is 7.05 Å². The van der Waals surface area contributed by atoms with Gasteiger partial charge >= 0.3 is 0 Å². The number of hydrogen-bond acceptors (Lipinski definition) is 2. The molecular weight excluding hydrogens is 178 g/mol. The average molecular weight is 203 g/mol. The Balaban J connectivity index is 4.03. The summed E-state index contributed by atoms with van der Waals surface area (Å²) in [5.74, 6) is 0. The molecule has 1 unspecified atom stereocenters. The average Bonchev–Trinajstić information content (AvgIpc) is 1.95. The Bertz CT molecular complexity index is 131. The first kappa shape index (κ1) is 13.1. The summed E-state index contributed by atoms with van der Waals surface area (Å²) in [4.78, 5) is 0. The van der Waals surface area contributed by atoms with Crippen LogP contribution >= 0.6 is 0 Å². The molecule has 0 aromatic heterocycles. The fraction of sp³-hybridized carbons (Fsp3) is 1.00. The topological polar surface area (TPSA) is 21.3 Å². The maximum Gasteiger partial charge on any atom is 0.171 e. The van der Waals surface area contributed by atoms with Gasteiger partial charge in [0.2, 0.25) is 0 Å². The second kappa shape index (κ2) is 5.78. The number of rotatable bonds is 5. The highest BCUT2D eigenvalue weighted by Crippen LogP contribution is 2.25. The lowest BCUT2D eigenvalue weighted by atomic mass is 9.87. The van der Waals surface area contributed by atoms with Crippen molar-refractivity contribution >= 4 is 9.04 Å². The third kappa shape index (κ3) is 6.24. The van der Waals surface area contributed by atoms with E-state index in [-0.39, 0.29) is 5.41 Å². The molecule has 80 valence electrons. The summed E-state index contributed by atoms with van der Waals surface area (Å²) in [5, 5.41) is 3.18. The normalized spacial score (nSPS) is 15.0. The summed E-state index contributed by atoms with van der Waals surface area (Å²) in [7, 11) is 1.09. The van der Waals surface area contributed by atoms with Gasteiger partial charge in [-0.15, -0.1) is 0 Å². The maximum absolute atomic E-state index is 6.02. The molecule has 1 N–H and O–H groups in total. The van der Waals surface area contributed by atoms with Gasteiger partial charge in [-0.2, -0.15) is 0 Å². The van der Waals surface area contributed by atoms with Crippen LogP contribution in [0.15, 0.2) is 0 Å². The Morgan fingerprint density at radius 3 is 2.15 bits per heavy atom. The van der Waals surface area contributed by atoms with Crippen LogP contribution in [0, 0.1) is 5.41 Å². The van der Waals surface area contributed by atoms with E-state index in [0.29, 0.717) is 6.10 Å². The van der Waals surface area contributed by atoms with Gasteiger partial charge in [-0.3, -0.25) is 0 Å². The van der Waals surface area contributed by atoms with E-state index in [9.17, 15) is 0 Å². The van der Waals surface area contributed by atoms with Crippen LogP contribution in [-0.2, 0) is 4.43 Å². The Morgan fingerprint density at radius 1 is 1.31 bits per heavy atom. The van der Waals surface area contributed by atoms with Gasteiger partial charge < -0.3 is 9.74 Å². The molecule has 0 aliphatic rings. The summed E-state index contributed by atoms with van der Waals surface area (Å²) in [6, 6.07) is 0. The second-order valence-corrected chi connectivity index (χ2v) is 7.30. The van der Waals surface area contributed by atoms with E-state index in [0.717, 1.165) is 13.0 Å². The maximum atomic E-state index is 6.02. The fourth-order valence-corrected chi connectivity index (χ4v) is 2.51. The van der Waals surface area contributed by atoms with Crippen LogP contribution in [0.5, 0.6) is 0 Å². The summed E-state index contributed by atoms with van der Waals surface area (Å²) >= 11 is 0. The third-order valence-corrected chi connectivity index (χ3v) is 2.93. The fourth-order valence-electron chi connectivity index (χ4n) is 1.31. The number of hydrogen-bond donors (Lipinski definition) is 1. The van der Waals surface area contributed by atoms with Crippen molar-refractivity contribution in [3.8, 4) is 0 Å². The van der Waals surface area contributed by atoms with Gasteiger partial charge in [-0.25, -0.2) is 0 Å². The minimum absolute atomic E-state index is 0.272. The molecule has 0 fully saturated rings. The van der Waals surface area contributed by atoms with Crippen molar-refractivity contribution in [2.24, 2.45) is 5.41 Å². The predicted octanol–water partition coefficient (Wildman–Crippen LogP) is 2.01. The van der Waals surface area contributed by atoms with Gasteiger partial charge in [0.1, 0.15) is 0 Å². The standard InChI is InChI=1S/C10H25NOSi/c1-10(2,3)9(7-8-11-4)12-13(5)6/h9,11,13H,7-8H2,1-6H3. The molecule has 0 rings (SSSR count). The molecule has 0 aromatic carbocycles. The van der Waals surface area contributed by atoms with Crippen molar-refractivity contribution in [1.29, 1.82) is 0 Å². The molecular formula is C10H25NOSi. The molecule has 0 bridgehead atoms. The Kier molecular flexibility index (Phi) is 5.84. The molecule has 2 nitrogen and oxygen atoms in total. The monoisotopic (exact) mass is 203 g/mol. The van der Waals surface area contributed by atoms with Gasteiger partial charge in [0.05, 0.1) is 6.10 Å². The van der Waals surface area contributed by atoms with Crippen molar-refractivity contribution in [2.45, 2.75) is 46.4 Å². The smallest absolute Gasteiger partial charge is 0.171 e. The third-order valence-electron chi connectivity index (χ3n) is 2.06. The zero-order valence-electron chi connectivity index (χ0n) is 9.98. The first-order valence-corrected chi connectivity index (χ1v) is 7.96. The molecule has 0 heterocycles. The van der Waals surface area contributed by atoms with Crippen molar-refractivity contribution in [3.05, 3.63) is 0 Å². The van der Waals surface area contributed by atoms with E-state index in [4.69, 9.17) is 4.43 Å². The highest BCUT2D eigenvalue weighted by atomic mass is 28.3. The van der Waals surface area contributed by atoms with E-state index in [1.165, 1.54) is 0 Å². The minimum Gasteiger partial charge on any atom is -0.417 e. The van der Waals surface area contributed by atoms with Crippen LogP contribution in [0.1, 0.15) is 27.2 Å². The molecule has 3 heteroatoms. The Labute approximate surface area is 84.8 Å². The quantitative estimate of drug-likeness (QED) is 0.690. The van der Waals surface area contributed by atoms with Crippen LogP contribution in [0.25, 0.3) is 0 Å². The molecule has 13 heavy (non-hydrogen) atoms. The van der Waals surface area contributed by atoms with Crippen LogP contribution < -0.4 is 5.32 Å². The van der Waals surface area contributed by atoms with E-state index >= 15 is 0 Å². The summed E-state index contributed by atoms with van der Waals surface area (Å²) in [6.45, 7) is 12.3. The summed E-state index contributed by atoms with van der Waals surface area (Å²) in [5.41, 5.74) is 0.272. The van der Waals surface area contributed by atoms with Crippen LogP contribution in [0.4, 0.5) is 0 Å². The lowest BCUT2D eigenvalue weighted by molar-refractivity contribution is 0.0791. The van der Waals surface area contributed by atoms with Gasteiger partial charge in [-0.05, 0) is 38.5 Å². The molecule has 0 aliphatic heterocycles. The lowest BCUT2D eigenvalue weighted by Crippen LogP contribution is -2.35. The predicted molar refractivity (Wildman–Crippen MR) is 61.7 cm³/mol. The van der Waals surface area contributed by atoms with Gasteiger partial charge in [0, 0.05) is 0 Å². The van der Waals surface area contributed by atoms with E-state index < -0.39 is 9.04 Å². The van der Waals surface area contributed by atoms with Crippen molar-refractivity contribution in [3.63, 3.8) is 0 Å². The van der Waals surface area contributed by atoms with E-state index in [1.54, 1.807) is 0 Å².